The van der Waals surface area contributed by atoms with Crippen LogP contribution in [0.1, 0.15) is 23.6 Å². The molecule has 0 aliphatic heterocycles. The summed E-state index contributed by atoms with van der Waals surface area (Å²) in [5.41, 5.74) is 1.81. The molecule has 0 unspecified atom stereocenters. The maximum atomic E-state index is 13.2. The zero-order chi connectivity index (χ0) is 25.7. The molecule has 0 spiro atoms. The van der Waals surface area contributed by atoms with Crippen LogP contribution < -0.4 is 11.2 Å². The Hall–Kier alpha value is -4.79. The van der Waals surface area contributed by atoms with E-state index in [4.69, 9.17) is 4.74 Å². The van der Waals surface area contributed by atoms with E-state index < -0.39 is 22.1 Å². The molecule has 4 aromatic rings. The number of benzene rings is 3. The van der Waals surface area contributed by atoms with Gasteiger partial charge in [0.15, 0.2) is 0 Å². The molecule has 0 aliphatic rings. The summed E-state index contributed by atoms with van der Waals surface area (Å²) in [6.07, 6.45) is 3.69. The van der Waals surface area contributed by atoms with Crippen molar-refractivity contribution in [1.82, 2.24) is 9.13 Å². The van der Waals surface area contributed by atoms with Gasteiger partial charge in [0.25, 0.3) is 11.2 Å². The maximum absolute atomic E-state index is 13.2. The third kappa shape index (κ3) is 5.30. The number of carbonyl (C=O) groups excluding carboxylic acids is 1. The number of non-ortho nitro benzene ring substituents is 1. The lowest BCUT2D eigenvalue weighted by molar-refractivity contribution is -0.384. The van der Waals surface area contributed by atoms with Gasteiger partial charge in [-0.25, -0.2) is 4.79 Å². The van der Waals surface area contributed by atoms with Gasteiger partial charge >= 0.3 is 11.7 Å². The Morgan fingerprint density at radius 1 is 0.917 bits per heavy atom. The summed E-state index contributed by atoms with van der Waals surface area (Å²) in [7, 11) is 0. The summed E-state index contributed by atoms with van der Waals surface area (Å²) in [6, 6.07) is 20.2. The lowest BCUT2D eigenvalue weighted by Gasteiger charge is -2.14. The smallest absolute Gasteiger partial charge is 0.332 e. The molecule has 0 N–H and O–H groups in total. The zero-order valence-corrected chi connectivity index (χ0v) is 19.5. The third-order valence-corrected chi connectivity index (χ3v) is 5.62. The molecule has 4 rings (SSSR count). The predicted octanol–water partition coefficient (Wildman–Crippen LogP) is 3.85. The molecule has 182 valence electrons. The summed E-state index contributed by atoms with van der Waals surface area (Å²) < 4.78 is 7.37. The van der Waals surface area contributed by atoms with Crippen LogP contribution in [0.4, 0.5) is 5.69 Å². The van der Waals surface area contributed by atoms with Gasteiger partial charge in [0.2, 0.25) is 0 Å². The van der Waals surface area contributed by atoms with Gasteiger partial charge in [0, 0.05) is 12.1 Å². The number of hydrogen-bond donors (Lipinski definition) is 0. The number of rotatable bonds is 8. The first-order chi connectivity index (χ1) is 17.4. The van der Waals surface area contributed by atoms with E-state index >= 15 is 0 Å². The first-order valence-electron chi connectivity index (χ1n) is 11.3. The molecular formula is C27H23N3O6. The molecule has 9 heteroatoms. The SMILES string of the molecule is CCOC(=O)Cn1c(=O)n(Cc2ccc(C=Cc3ccc([N+](=O)[O-])cc3)cc2)c(=O)c2ccccc21. The molecule has 1 heterocycles. The Balaban J connectivity index is 1.60. The highest BCUT2D eigenvalue weighted by Gasteiger charge is 2.16. The Labute approximate surface area is 205 Å². The molecule has 0 saturated carbocycles. The van der Waals surface area contributed by atoms with E-state index in [0.29, 0.717) is 10.9 Å². The van der Waals surface area contributed by atoms with E-state index in [1.54, 1.807) is 43.3 Å². The van der Waals surface area contributed by atoms with Crippen LogP contribution in [0.15, 0.2) is 82.4 Å². The van der Waals surface area contributed by atoms with Crippen LogP contribution in [0.2, 0.25) is 0 Å². The number of nitro groups is 1. The minimum absolute atomic E-state index is 0.0294. The number of nitro benzene ring substituents is 1. The van der Waals surface area contributed by atoms with Gasteiger partial charge in [-0.15, -0.1) is 0 Å². The van der Waals surface area contributed by atoms with Gasteiger partial charge < -0.3 is 4.74 Å². The summed E-state index contributed by atoms with van der Waals surface area (Å²) in [4.78, 5) is 48.7. The number of carbonyl (C=O) groups is 1. The van der Waals surface area contributed by atoms with Crippen molar-refractivity contribution in [3.05, 3.63) is 120 Å². The Morgan fingerprint density at radius 2 is 1.53 bits per heavy atom. The monoisotopic (exact) mass is 485 g/mol. The number of aromatic nitrogens is 2. The van der Waals surface area contributed by atoms with E-state index in [1.807, 2.05) is 36.4 Å². The molecule has 0 radical (unpaired) electrons. The standard InChI is InChI=1S/C27H23N3O6/c1-2-36-25(31)18-28-24-6-4-3-5-23(24)26(32)29(27(28)33)17-21-11-9-19(10-12-21)7-8-20-13-15-22(16-14-20)30(34)35/h3-16H,2,17-18H2,1H3. The number of para-hydroxylation sites is 1. The molecule has 0 saturated heterocycles. The number of ether oxygens (including phenoxy) is 1. The lowest BCUT2D eigenvalue weighted by Crippen LogP contribution is -2.41. The largest absolute Gasteiger partial charge is 0.465 e. The molecule has 0 aliphatic carbocycles. The molecule has 0 amide bonds. The second-order valence-corrected chi connectivity index (χ2v) is 8.01. The highest BCUT2D eigenvalue weighted by molar-refractivity contribution is 5.80. The zero-order valence-electron chi connectivity index (χ0n) is 19.5. The number of esters is 1. The Morgan fingerprint density at radius 3 is 2.14 bits per heavy atom. The van der Waals surface area contributed by atoms with Crippen LogP contribution in [-0.2, 0) is 22.6 Å². The fourth-order valence-electron chi connectivity index (χ4n) is 3.82. The van der Waals surface area contributed by atoms with E-state index in [-0.39, 0.29) is 25.4 Å². The van der Waals surface area contributed by atoms with Gasteiger partial charge in [-0.2, -0.15) is 0 Å². The van der Waals surface area contributed by atoms with Crippen molar-refractivity contribution in [3.8, 4) is 0 Å². The summed E-state index contributed by atoms with van der Waals surface area (Å²) >= 11 is 0. The molecule has 9 nitrogen and oxygen atoms in total. The minimum atomic E-state index is -0.589. The topological polar surface area (TPSA) is 113 Å². The van der Waals surface area contributed by atoms with E-state index in [1.165, 1.54) is 16.7 Å². The second kappa shape index (κ2) is 10.6. The summed E-state index contributed by atoms with van der Waals surface area (Å²) in [5, 5.41) is 11.1. The van der Waals surface area contributed by atoms with Crippen LogP contribution in [-0.4, -0.2) is 26.6 Å². The molecule has 1 aromatic heterocycles. The summed E-state index contributed by atoms with van der Waals surface area (Å²) in [5.74, 6) is -0.556. The predicted molar refractivity (Wildman–Crippen MR) is 137 cm³/mol. The molecule has 0 atom stereocenters. The average Bonchev–Trinajstić information content (AvgIpc) is 2.89. The molecule has 3 aromatic carbocycles. The molecule has 36 heavy (non-hydrogen) atoms. The summed E-state index contributed by atoms with van der Waals surface area (Å²) in [6.45, 7) is 1.62. The first kappa shape index (κ1) is 24.3. The van der Waals surface area contributed by atoms with Gasteiger partial charge in [0.1, 0.15) is 6.54 Å². The second-order valence-electron chi connectivity index (χ2n) is 8.01. The van der Waals surface area contributed by atoms with Crippen molar-refractivity contribution in [2.45, 2.75) is 20.0 Å². The Bertz CT molecular complexity index is 1560. The van der Waals surface area contributed by atoms with Crippen LogP contribution in [0.3, 0.4) is 0 Å². The number of nitrogens with zero attached hydrogens (tertiary/aromatic N) is 3. The molecular weight excluding hydrogens is 462 g/mol. The number of hydrogen-bond acceptors (Lipinski definition) is 6. The van der Waals surface area contributed by atoms with Crippen molar-refractivity contribution in [3.63, 3.8) is 0 Å². The van der Waals surface area contributed by atoms with Crippen molar-refractivity contribution in [1.29, 1.82) is 0 Å². The Kier molecular flexibility index (Phi) is 7.20. The molecule has 0 fully saturated rings. The van der Waals surface area contributed by atoms with Crippen molar-refractivity contribution < 1.29 is 14.5 Å². The van der Waals surface area contributed by atoms with Gasteiger partial charge in [-0.05, 0) is 47.9 Å². The van der Waals surface area contributed by atoms with Crippen molar-refractivity contribution in [2.24, 2.45) is 0 Å². The van der Waals surface area contributed by atoms with Crippen LogP contribution >= 0.6 is 0 Å². The van der Waals surface area contributed by atoms with Crippen LogP contribution in [0, 0.1) is 10.1 Å². The average molecular weight is 485 g/mol. The highest BCUT2D eigenvalue weighted by atomic mass is 16.6. The lowest BCUT2D eigenvalue weighted by atomic mass is 10.1. The third-order valence-electron chi connectivity index (χ3n) is 5.62. The van der Waals surface area contributed by atoms with Gasteiger partial charge in [0.05, 0.1) is 29.0 Å². The normalized spacial score (nSPS) is 11.1. The van der Waals surface area contributed by atoms with E-state index in [0.717, 1.165) is 21.3 Å². The quantitative estimate of drug-likeness (QED) is 0.162. The fraction of sp³-hybridized carbons (Fsp3) is 0.148. The number of fused-ring (bicyclic) bond motifs is 1. The van der Waals surface area contributed by atoms with E-state index in [9.17, 15) is 24.5 Å². The van der Waals surface area contributed by atoms with E-state index in [2.05, 4.69) is 0 Å². The van der Waals surface area contributed by atoms with Crippen molar-refractivity contribution >= 4 is 34.7 Å². The minimum Gasteiger partial charge on any atom is -0.465 e. The van der Waals surface area contributed by atoms with Crippen molar-refractivity contribution in [2.75, 3.05) is 6.61 Å². The van der Waals surface area contributed by atoms with Crippen LogP contribution in [0.5, 0.6) is 0 Å². The maximum Gasteiger partial charge on any atom is 0.332 e. The molecule has 0 bridgehead atoms. The highest BCUT2D eigenvalue weighted by Crippen LogP contribution is 2.15. The van der Waals surface area contributed by atoms with Gasteiger partial charge in [-0.1, -0.05) is 48.6 Å². The first-order valence-corrected chi connectivity index (χ1v) is 11.3. The van der Waals surface area contributed by atoms with Crippen LogP contribution in [0.25, 0.3) is 23.1 Å². The fourth-order valence-corrected chi connectivity index (χ4v) is 3.82. The van der Waals surface area contributed by atoms with Gasteiger partial charge in [-0.3, -0.25) is 28.8 Å².